The number of unbranched alkanes of at least 4 members (excludes halogenated alkanes) is 6. The van der Waals surface area contributed by atoms with Crippen LogP contribution in [0.25, 0.3) is 6.08 Å². The van der Waals surface area contributed by atoms with Crippen molar-refractivity contribution in [2.45, 2.75) is 63.0 Å². The maximum Gasteiger partial charge on any atom is 0.294 e. The van der Waals surface area contributed by atoms with Gasteiger partial charge in [-0.2, -0.15) is 8.42 Å². The van der Waals surface area contributed by atoms with Crippen molar-refractivity contribution < 1.29 is 22.7 Å². The Morgan fingerprint density at radius 1 is 1.03 bits per heavy atom. The van der Waals surface area contributed by atoms with E-state index in [-0.39, 0.29) is 21.8 Å². The summed E-state index contributed by atoms with van der Waals surface area (Å²) in [6, 6.07) is 8.37. The maximum atomic E-state index is 13.0. The van der Waals surface area contributed by atoms with Gasteiger partial charge in [0.05, 0.1) is 23.0 Å². The quantitative estimate of drug-likeness (QED) is 0.172. The van der Waals surface area contributed by atoms with Crippen LogP contribution in [0.3, 0.4) is 0 Å². The standard InChI is InChI=1S/C26H33ClN2O5S3/c1-4-6-7-8-9-10-11-16-34-21-17-19(12-13-20(21)33-3)18-22-25(30)29(5-2)26(35-22)28-37(31,32)24-15-14-23(27)36-24/h12-15,17-18H,4-11,16H2,1-3H3/b22-18-,28-26+. The number of hydrogen-bond donors (Lipinski definition) is 0. The van der Waals surface area contributed by atoms with Crippen LogP contribution < -0.4 is 9.47 Å². The van der Waals surface area contributed by atoms with E-state index >= 15 is 0 Å². The topological polar surface area (TPSA) is 85.3 Å². The maximum absolute atomic E-state index is 13.0. The fourth-order valence-electron chi connectivity index (χ4n) is 3.73. The van der Waals surface area contributed by atoms with Gasteiger partial charge in [0.2, 0.25) is 0 Å². The van der Waals surface area contributed by atoms with Crippen LogP contribution in [0.5, 0.6) is 11.5 Å². The lowest BCUT2D eigenvalue weighted by Gasteiger charge is -2.12. The molecule has 2 aromatic rings. The molecule has 1 aliphatic rings. The van der Waals surface area contributed by atoms with Crippen molar-refractivity contribution in [3.63, 3.8) is 0 Å². The van der Waals surface area contributed by atoms with E-state index in [4.69, 9.17) is 21.1 Å². The second-order valence-electron chi connectivity index (χ2n) is 8.45. The highest BCUT2D eigenvalue weighted by molar-refractivity contribution is 8.19. The smallest absolute Gasteiger partial charge is 0.294 e. The lowest BCUT2D eigenvalue weighted by atomic mass is 10.1. The molecular weight excluding hydrogens is 552 g/mol. The van der Waals surface area contributed by atoms with Crippen LogP contribution in [0.4, 0.5) is 0 Å². The minimum Gasteiger partial charge on any atom is -0.493 e. The van der Waals surface area contributed by atoms with E-state index in [0.717, 1.165) is 41.5 Å². The summed E-state index contributed by atoms with van der Waals surface area (Å²) < 4.78 is 41.2. The highest BCUT2D eigenvalue weighted by Gasteiger charge is 2.34. The number of likely N-dealkylation sites (N-methyl/N-ethyl adjacent to an activating group) is 1. The Hall–Kier alpha value is -2.01. The van der Waals surface area contributed by atoms with E-state index in [9.17, 15) is 13.2 Å². The molecule has 1 fully saturated rings. The van der Waals surface area contributed by atoms with Gasteiger partial charge < -0.3 is 9.47 Å². The minimum atomic E-state index is -3.98. The summed E-state index contributed by atoms with van der Waals surface area (Å²) >= 11 is 7.85. The van der Waals surface area contributed by atoms with E-state index in [2.05, 4.69) is 11.3 Å². The van der Waals surface area contributed by atoms with Gasteiger partial charge in [-0.3, -0.25) is 9.69 Å². The van der Waals surface area contributed by atoms with Crippen molar-refractivity contribution >= 4 is 61.9 Å². The number of rotatable bonds is 14. The number of thiophene rings is 1. The predicted molar refractivity (Wildman–Crippen MR) is 153 cm³/mol. The molecule has 0 N–H and O–H groups in total. The first-order chi connectivity index (χ1) is 17.8. The molecule has 3 rings (SSSR count). The largest absolute Gasteiger partial charge is 0.493 e. The number of benzene rings is 1. The van der Waals surface area contributed by atoms with Gasteiger partial charge in [-0.1, -0.05) is 63.1 Å². The molecule has 0 radical (unpaired) electrons. The summed E-state index contributed by atoms with van der Waals surface area (Å²) in [5, 5.41) is 0.118. The van der Waals surface area contributed by atoms with Gasteiger partial charge in [-0.15, -0.1) is 15.7 Å². The monoisotopic (exact) mass is 584 g/mol. The molecular formula is C26H33ClN2O5S3. The summed E-state index contributed by atoms with van der Waals surface area (Å²) in [7, 11) is -2.39. The molecule has 1 aromatic carbocycles. The molecule has 1 aromatic heterocycles. The fourth-order valence-corrected chi connectivity index (χ4v) is 7.43. The summed E-state index contributed by atoms with van der Waals surface area (Å²) in [5.74, 6) is 0.928. The van der Waals surface area contributed by atoms with Gasteiger partial charge >= 0.3 is 0 Å². The fraction of sp³-hybridized carbons (Fsp3) is 0.462. The highest BCUT2D eigenvalue weighted by Crippen LogP contribution is 2.36. The molecule has 0 saturated carbocycles. The van der Waals surface area contributed by atoms with Crippen LogP contribution in [0.15, 0.2) is 43.8 Å². The van der Waals surface area contributed by atoms with Crippen LogP contribution in [-0.2, 0) is 14.8 Å². The van der Waals surface area contributed by atoms with Crippen LogP contribution in [0.2, 0.25) is 4.34 Å². The second kappa shape index (κ2) is 14.2. The van der Waals surface area contributed by atoms with Gasteiger partial charge in [0.1, 0.15) is 4.21 Å². The Kier molecular flexibility index (Phi) is 11.4. The van der Waals surface area contributed by atoms with E-state index < -0.39 is 10.0 Å². The number of hydrogen-bond acceptors (Lipinski definition) is 7. The minimum absolute atomic E-state index is 0.0319. The molecule has 0 aliphatic carbocycles. The van der Waals surface area contributed by atoms with Gasteiger partial charge in [0, 0.05) is 6.54 Å². The average Bonchev–Trinajstić information content (AvgIpc) is 3.44. The molecule has 1 aliphatic heterocycles. The number of amides is 1. The molecule has 202 valence electrons. The Labute approximate surface area is 233 Å². The zero-order chi connectivity index (χ0) is 26.8. The Balaban J connectivity index is 1.72. The third kappa shape index (κ3) is 8.24. The van der Waals surface area contributed by atoms with Crippen LogP contribution in [-0.4, -0.2) is 44.7 Å². The number of nitrogens with zero attached hydrogens (tertiary/aromatic N) is 2. The first kappa shape index (κ1) is 29.5. The predicted octanol–water partition coefficient (Wildman–Crippen LogP) is 7.22. The number of amidine groups is 1. The molecule has 0 bridgehead atoms. The van der Waals surface area contributed by atoms with Gasteiger partial charge in [-0.05, 0) is 61.0 Å². The van der Waals surface area contributed by atoms with Crippen LogP contribution >= 0.6 is 34.7 Å². The van der Waals surface area contributed by atoms with E-state index in [1.807, 2.05) is 12.1 Å². The molecule has 1 amide bonds. The molecule has 0 unspecified atom stereocenters. The Morgan fingerprint density at radius 3 is 2.41 bits per heavy atom. The number of carbonyl (C=O) groups is 1. The number of halogens is 1. The lowest BCUT2D eigenvalue weighted by Crippen LogP contribution is -2.29. The third-order valence-corrected chi connectivity index (χ3v) is 9.78. The highest BCUT2D eigenvalue weighted by atomic mass is 35.5. The van der Waals surface area contributed by atoms with Crippen molar-refractivity contribution in [1.29, 1.82) is 0 Å². The molecule has 7 nitrogen and oxygen atoms in total. The van der Waals surface area contributed by atoms with E-state index in [1.165, 1.54) is 49.1 Å². The summed E-state index contributed by atoms with van der Waals surface area (Å²) in [4.78, 5) is 14.7. The number of ether oxygens (including phenoxy) is 2. The van der Waals surface area contributed by atoms with Gasteiger partial charge in [0.15, 0.2) is 16.7 Å². The van der Waals surface area contributed by atoms with Crippen molar-refractivity contribution in [2.24, 2.45) is 4.40 Å². The van der Waals surface area contributed by atoms with Crippen molar-refractivity contribution in [2.75, 3.05) is 20.3 Å². The van der Waals surface area contributed by atoms with Crippen molar-refractivity contribution in [3.8, 4) is 11.5 Å². The number of carbonyl (C=O) groups excluding carboxylic acids is 1. The van der Waals surface area contributed by atoms with E-state index in [1.54, 1.807) is 26.2 Å². The number of thioether (sulfide) groups is 1. The van der Waals surface area contributed by atoms with Crippen LogP contribution in [0.1, 0.15) is 64.4 Å². The van der Waals surface area contributed by atoms with Gasteiger partial charge in [-0.25, -0.2) is 0 Å². The number of sulfonamides is 1. The molecule has 0 atom stereocenters. The second-order valence-corrected chi connectivity index (χ2v) is 13.0. The van der Waals surface area contributed by atoms with E-state index in [0.29, 0.717) is 27.3 Å². The Bertz CT molecular complexity index is 1240. The zero-order valence-electron chi connectivity index (χ0n) is 21.4. The summed E-state index contributed by atoms with van der Waals surface area (Å²) in [6.07, 6.45) is 10.1. The zero-order valence-corrected chi connectivity index (χ0v) is 24.6. The molecule has 2 heterocycles. The van der Waals surface area contributed by atoms with Crippen LogP contribution in [0, 0.1) is 0 Å². The third-order valence-electron chi connectivity index (χ3n) is 5.70. The average molecular weight is 585 g/mol. The molecule has 11 heteroatoms. The SMILES string of the molecule is CCCCCCCCCOc1cc(/C=C2\S/C(=N/S(=O)(=O)c3ccc(Cl)s3)N(CC)C2=O)ccc1OC. The number of methoxy groups -OCH3 is 1. The molecule has 0 spiro atoms. The summed E-state index contributed by atoms with van der Waals surface area (Å²) in [6.45, 7) is 4.86. The van der Waals surface area contributed by atoms with Gasteiger partial charge in [0.25, 0.3) is 15.9 Å². The lowest BCUT2D eigenvalue weighted by molar-refractivity contribution is -0.122. The normalized spacial score (nSPS) is 16.2. The van der Waals surface area contributed by atoms with Crippen molar-refractivity contribution in [1.82, 2.24) is 4.90 Å². The first-order valence-electron chi connectivity index (χ1n) is 12.4. The molecule has 37 heavy (non-hydrogen) atoms. The summed E-state index contributed by atoms with van der Waals surface area (Å²) in [5.41, 5.74) is 0.747. The van der Waals surface area contributed by atoms with Crippen molar-refractivity contribution in [3.05, 3.63) is 45.1 Å². The Morgan fingerprint density at radius 2 is 1.76 bits per heavy atom. The first-order valence-corrected chi connectivity index (χ1v) is 15.9. The molecule has 1 saturated heterocycles.